The number of halogens is 1. The van der Waals surface area contributed by atoms with Crippen LogP contribution in [0.4, 0.5) is 0 Å². The summed E-state index contributed by atoms with van der Waals surface area (Å²) in [7, 11) is 0. The third-order valence-electron chi connectivity index (χ3n) is 3.85. The molecule has 1 aliphatic carbocycles. The number of aromatic carboxylic acids is 1. The third kappa shape index (κ3) is 1.75. The molecule has 3 rings (SSSR count). The fourth-order valence-corrected chi connectivity index (χ4v) is 2.98. The molecule has 0 unspecified atom stereocenters. The quantitative estimate of drug-likeness (QED) is 0.923. The number of carboxylic acid groups (broad SMARTS) is 1. The Bertz CT molecular complexity index is 803. The summed E-state index contributed by atoms with van der Waals surface area (Å²) in [5, 5.41) is 10.3. The summed E-state index contributed by atoms with van der Waals surface area (Å²) in [5.41, 5.74) is 1.59. The number of nitrogens with zero attached hydrogens (tertiary/aromatic N) is 1. The number of aromatic nitrogens is 1. The number of rotatable bonds is 2. The Labute approximate surface area is 120 Å². The van der Waals surface area contributed by atoms with Crippen LogP contribution in [0.5, 0.6) is 0 Å². The second kappa shape index (κ2) is 4.35. The maximum absolute atomic E-state index is 12.5. The van der Waals surface area contributed by atoms with Gasteiger partial charge in [-0.2, -0.15) is 0 Å². The molecule has 5 heteroatoms. The zero-order valence-electron chi connectivity index (χ0n) is 11.2. The molecule has 0 bridgehead atoms. The van der Waals surface area contributed by atoms with Crippen molar-refractivity contribution in [3.05, 3.63) is 44.2 Å². The van der Waals surface area contributed by atoms with Crippen molar-refractivity contribution >= 4 is 28.5 Å². The van der Waals surface area contributed by atoms with Crippen LogP contribution < -0.4 is 5.43 Å². The van der Waals surface area contributed by atoms with Crippen molar-refractivity contribution in [3.8, 4) is 0 Å². The summed E-state index contributed by atoms with van der Waals surface area (Å²) >= 11 is 6.17. The molecular formula is C15H14ClNO3. The molecule has 2 aromatic rings. The van der Waals surface area contributed by atoms with Crippen LogP contribution in [-0.2, 0) is 0 Å². The van der Waals surface area contributed by atoms with E-state index >= 15 is 0 Å². The lowest BCUT2D eigenvalue weighted by molar-refractivity contribution is 0.0683. The number of fused-ring (bicyclic) bond motifs is 1. The Kier molecular flexibility index (Phi) is 2.87. The number of benzene rings is 1. The zero-order chi connectivity index (χ0) is 14.6. The lowest BCUT2D eigenvalue weighted by atomic mass is 10.0. The molecule has 104 valence electrons. The van der Waals surface area contributed by atoms with Crippen molar-refractivity contribution in [2.24, 2.45) is 0 Å². The van der Waals surface area contributed by atoms with E-state index in [9.17, 15) is 14.7 Å². The lowest BCUT2D eigenvalue weighted by Crippen LogP contribution is -2.22. The molecule has 0 amide bonds. The highest BCUT2D eigenvalue weighted by atomic mass is 35.5. The van der Waals surface area contributed by atoms with Gasteiger partial charge in [0.2, 0.25) is 0 Å². The molecule has 1 saturated carbocycles. The van der Waals surface area contributed by atoms with E-state index in [2.05, 4.69) is 0 Å². The van der Waals surface area contributed by atoms with Gasteiger partial charge < -0.3 is 9.67 Å². The van der Waals surface area contributed by atoms with Gasteiger partial charge in [-0.3, -0.25) is 4.79 Å². The van der Waals surface area contributed by atoms with Gasteiger partial charge >= 0.3 is 5.97 Å². The highest BCUT2D eigenvalue weighted by Gasteiger charge is 2.31. The van der Waals surface area contributed by atoms with Gasteiger partial charge in [0.25, 0.3) is 0 Å². The minimum atomic E-state index is -1.06. The first-order valence-corrected chi connectivity index (χ1v) is 6.88. The first-order valence-electron chi connectivity index (χ1n) is 6.50. The Morgan fingerprint density at radius 3 is 2.55 bits per heavy atom. The van der Waals surface area contributed by atoms with E-state index in [-0.39, 0.29) is 22.7 Å². The first kappa shape index (κ1) is 13.2. The van der Waals surface area contributed by atoms with Gasteiger partial charge in [0.1, 0.15) is 5.69 Å². The summed E-state index contributed by atoms with van der Waals surface area (Å²) in [6, 6.07) is 3.67. The lowest BCUT2D eigenvalue weighted by Gasteiger charge is -2.18. The van der Waals surface area contributed by atoms with E-state index in [4.69, 9.17) is 11.6 Å². The Morgan fingerprint density at radius 2 is 2.00 bits per heavy atom. The second-order valence-electron chi connectivity index (χ2n) is 5.30. The van der Waals surface area contributed by atoms with Crippen molar-refractivity contribution in [2.75, 3.05) is 0 Å². The fraction of sp³-hybridized carbons (Fsp3) is 0.333. The normalized spacial score (nSPS) is 14.8. The summed E-state index contributed by atoms with van der Waals surface area (Å²) in [6.07, 6.45) is 1.87. The Morgan fingerprint density at radius 1 is 1.35 bits per heavy atom. The van der Waals surface area contributed by atoms with Crippen LogP contribution in [0.25, 0.3) is 10.9 Å². The molecule has 0 radical (unpaired) electrons. The summed E-state index contributed by atoms with van der Waals surface area (Å²) in [4.78, 5) is 24.0. The molecule has 1 heterocycles. The molecule has 4 nitrogen and oxygen atoms in total. The van der Waals surface area contributed by atoms with E-state index in [0.29, 0.717) is 15.9 Å². The maximum atomic E-state index is 12.5. The smallest absolute Gasteiger partial charge is 0.352 e. The van der Waals surface area contributed by atoms with Crippen molar-refractivity contribution in [2.45, 2.75) is 32.7 Å². The highest BCUT2D eigenvalue weighted by Crippen LogP contribution is 2.40. The van der Waals surface area contributed by atoms with Crippen LogP contribution in [0.2, 0.25) is 5.02 Å². The molecule has 0 saturated heterocycles. The van der Waals surface area contributed by atoms with Crippen molar-refractivity contribution in [1.29, 1.82) is 0 Å². The van der Waals surface area contributed by atoms with E-state index < -0.39 is 5.97 Å². The van der Waals surface area contributed by atoms with Gasteiger partial charge in [0.05, 0.1) is 15.9 Å². The summed E-state index contributed by atoms with van der Waals surface area (Å²) in [5.74, 6) is -1.06. The molecular weight excluding hydrogens is 278 g/mol. The predicted octanol–water partition coefficient (Wildman–Crippen LogP) is 3.30. The topological polar surface area (TPSA) is 59.3 Å². The minimum absolute atomic E-state index is 0.0929. The predicted molar refractivity (Wildman–Crippen MR) is 77.9 cm³/mol. The average molecular weight is 292 g/mol. The van der Waals surface area contributed by atoms with Crippen molar-refractivity contribution < 1.29 is 9.90 Å². The van der Waals surface area contributed by atoms with Gasteiger partial charge in [-0.25, -0.2) is 4.79 Å². The highest BCUT2D eigenvalue weighted by molar-refractivity contribution is 6.35. The van der Waals surface area contributed by atoms with Gasteiger partial charge in [-0.05, 0) is 38.3 Å². The molecule has 1 aromatic heterocycles. The average Bonchev–Trinajstić information content (AvgIpc) is 3.20. The van der Waals surface area contributed by atoms with Gasteiger partial charge in [0.15, 0.2) is 5.43 Å². The SMILES string of the molecule is Cc1c(C(=O)O)n(C2CC2)c2c(C)ccc(Cl)c2c1=O. The Hall–Kier alpha value is -1.81. The number of hydrogen-bond donors (Lipinski definition) is 1. The fourth-order valence-electron chi connectivity index (χ4n) is 2.75. The molecule has 0 aliphatic heterocycles. The van der Waals surface area contributed by atoms with Crippen LogP contribution in [0.1, 0.15) is 40.5 Å². The van der Waals surface area contributed by atoms with Crippen LogP contribution in [-0.4, -0.2) is 15.6 Å². The van der Waals surface area contributed by atoms with Gasteiger partial charge in [-0.1, -0.05) is 17.7 Å². The van der Waals surface area contributed by atoms with E-state index in [0.717, 1.165) is 18.4 Å². The summed E-state index contributed by atoms with van der Waals surface area (Å²) in [6.45, 7) is 3.43. The maximum Gasteiger partial charge on any atom is 0.352 e. The Balaban J connectivity index is 2.62. The van der Waals surface area contributed by atoms with E-state index in [1.54, 1.807) is 17.6 Å². The number of pyridine rings is 1. The number of aryl methyl sites for hydroxylation is 1. The standard InChI is InChI=1S/C15H14ClNO3/c1-7-3-6-10(16)11-12(7)17(9-4-5-9)13(15(19)20)8(2)14(11)18/h3,6,9H,4-5H2,1-2H3,(H,19,20). The largest absolute Gasteiger partial charge is 0.477 e. The monoisotopic (exact) mass is 291 g/mol. The second-order valence-corrected chi connectivity index (χ2v) is 5.70. The molecule has 1 fully saturated rings. The molecule has 20 heavy (non-hydrogen) atoms. The molecule has 1 N–H and O–H groups in total. The van der Waals surface area contributed by atoms with Crippen molar-refractivity contribution in [1.82, 2.24) is 4.57 Å². The molecule has 0 atom stereocenters. The van der Waals surface area contributed by atoms with Gasteiger partial charge in [0, 0.05) is 11.6 Å². The van der Waals surface area contributed by atoms with Crippen LogP contribution in [0, 0.1) is 13.8 Å². The first-order chi connectivity index (χ1) is 9.43. The number of carboxylic acids is 1. The van der Waals surface area contributed by atoms with E-state index in [1.165, 1.54) is 0 Å². The number of carbonyl (C=O) groups is 1. The minimum Gasteiger partial charge on any atom is -0.477 e. The molecule has 1 aliphatic rings. The summed E-state index contributed by atoms with van der Waals surface area (Å²) < 4.78 is 1.79. The van der Waals surface area contributed by atoms with Crippen LogP contribution >= 0.6 is 11.6 Å². The zero-order valence-corrected chi connectivity index (χ0v) is 12.0. The van der Waals surface area contributed by atoms with E-state index in [1.807, 2.05) is 13.0 Å². The molecule has 0 spiro atoms. The van der Waals surface area contributed by atoms with Gasteiger partial charge in [-0.15, -0.1) is 0 Å². The van der Waals surface area contributed by atoms with Crippen molar-refractivity contribution in [3.63, 3.8) is 0 Å². The number of hydrogen-bond acceptors (Lipinski definition) is 2. The van der Waals surface area contributed by atoms with Crippen LogP contribution in [0.15, 0.2) is 16.9 Å². The molecule has 1 aromatic carbocycles. The van der Waals surface area contributed by atoms with Crippen LogP contribution in [0.3, 0.4) is 0 Å². The third-order valence-corrected chi connectivity index (χ3v) is 4.16.